The van der Waals surface area contributed by atoms with E-state index in [2.05, 4.69) is 21.7 Å². The summed E-state index contributed by atoms with van der Waals surface area (Å²) in [5.74, 6) is 0. The van der Waals surface area contributed by atoms with Gasteiger partial charge in [0.15, 0.2) is 0 Å². The predicted molar refractivity (Wildman–Crippen MR) is 96.0 cm³/mol. The Balaban J connectivity index is 1.56. The first kappa shape index (κ1) is 18.7. The molecule has 0 saturated heterocycles. The SMILES string of the molecule is CC(C)(C)NC(=O)OCCCCCNC1CCCc2cccnc21. The largest absolute Gasteiger partial charge is 0.450 e. The average Bonchev–Trinajstić information content (AvgIpc) is 2.52. The minimum absolute atomic E-state index is 0.245. The molecule has 5 nitrogen and oxygen atoms in total. The lowest BCUT2D eigenvalue weighted by Crippen LogP contribution is -2.41. The standard InChI is InChI=1S/C19H31N3O2/c1-19(2,3)22-18(23)24-14-6-4-5-12-20-16-11-7-9-15-10-8-13-21-17(15)16/h8,10,13,16,20H,4-7,9,11-12,14H2,1-3H3,(H,22,23). The molecule has 0 bridgehead atoms. The number of unbranched alkanes of at least 4 members (excludes halogenated alkanes) is 2. The number of aromatic nitrogens is 1. The normalized spacial score (nSPS) is 17.2. The molecular formula is C19H31N3O2. The number of amides is 1. The number of ether oxygens (including phenoxy) is 1. The lowest BCUT2D eigenvalue weighted by Gasteiger charge is -2.25. The van der Waals surface area contributed by atoms with Crippen LogP contribution in [0.15, 0.2) is 18.3 Å². The van der Waals surface area contributed by atoms with E-state index >= 15 is 0 Å². The predicted octanol–water partition coefficient (Wildman–Crippen LogP) is 3.74. The van der Waals surface area contributed by atoms with Gasteiger partial charge in [-0.05, 0) is 77.5 Å². The van der Waals surface area contributed by atoms with Crippen molar-refractivity contribution in [2.24, 2.45) is 0 Å². The summed E-state index contributed by atoms with van der Waals surface area (Å²) in [5.41, 5.74) is 2.37. The number of aryl methyl sites for hydroxylation is 1. The summed E-state index contributed by atoms with van der Waals surface area (Å²) >= 11 is 0. The molecule has 0 aliphatic heterocycles. The molecule has 24 heavy (non-hydrogen) atoms. The Bertz CT molecular complexity index is 526. The van der Waals surface area contributed by atoms with Gasteiger partial charge in [0.2, 0.25) is 0 Å². The van der Waals surface area contributed by atoms with Gasteiger partial charge < -0.3 is 15.4 Å². The summed E-state index contributed by atoms with van der Waals surface area (Å²) in [7, 11) is 0. The Morgan fingerprint density at radius 3 is 2.96 bits per heavy atom. The number of fused-ring (bicyclic) bond motifs is 1. The molecule has 1 atom stereocenters. The molecule has 1 heterocycles. The molecule has 5 heteroatoms. The van der Waals surface area contributed by atoms with Gasteiger partial charge in [-0.1, -0.05) is 6.07 Å². The number of alkyl carbamates (subject to hydrolysis) is 1. The lowest BCUT2D eigenvalue weighted by atomic mass is 9.92. The highest BCUT2D eigenvalue weighted by Crippen LogP contribution is 2.27. The van der Waals surface area contributed by atoms with E-state index in [1.54, 1.807) is 0 Å². The van der Waals surface area contributed by atoms with Crippen molar-refractivity contribution in [1.82, 2.24) is 15.6 Å². The van der Waals surface area contributed by atoms with Gasteiger partial charge in [-0.2, -0.15) is 0 Å². The minimum atomic E-state index is -0.328. The van der Waals surface area contributed by atoms with Gasteiger partial charge in [-0.25, -0.2) is 4.79 Å². The van der Waals surface area contributed by atoms with Crippen LogP contribution in [-0.4, -0.2) is 29.8 Å². The molecule has 1 unspecified atom stereocenters. The zero-order valence-corrected chi connectivity index (χ0v) is 15.2. The van der Waals surface area contributed by atoms with Crippen molar-refractivity contribution >= 4 is 6.09 Å². The van der Waals surface area contributed by atoms with Crippen molar-refractivity contribution in [3.8, 4) is 0 Å². The molecule has 0 fully saturated rings. The zero-order chi connectivity index (χ0) is 17.4. The highest BCUT2D eigenvalue weighted by molar-refractivity contribution is 5.67. The molecule has 0 spiro atoms. The van der Waals surface area contributed by atoms with Crippen LogP contribution in [0.2, 0.25) is 0 Å². The zero-order valence-electron chi connectivity index (χ0n) is 15.2. The summed E-state index contributed by atoms with van der Waals surface area (Å²) in [6, 6.07) is 4.61. The number of hydrogen-bond acceptors (Lipinski definition) is 4. The van der Waals surface area contributed by atoms with Crippen LogP contribution < -0.4 is 10.6 Å². The summed E-state index contributed by atoms with van der Waals surface area (Å²) in [6.07, 6.45) is 8.14. The molecular weight excluding hydrogens is 302 g/mol. The first-order chi connectivity index (χ1) is 11.5. The van der Waals surface area contributed by atoms with Gasteiger partial charge in [-0.15, -0.1) is 0 Å². The van der Waals surface area contributed by atoms with E-state index in [4.69, 9.17) is 4.74 Å². The number of rotatable bonds is 7. The van der Waals surface area contributed by atoms with E-state index < -0.39 is 0 Å². The number of nitrogens with zero attached hydrogens (tertiary/aromatic N) is 1. The first-order valence-electron chi connectivity index (χ1n) is 9.08. The fourth-order valence-corrected chi connectivity index (χ4v) is 3.00. The van der Waals surface area contributed by atoms with Crippen molar-refractivity contribution in [1.29, 1.82) is 0 Å². The topological polar surface area (TPSA) is 63.2 Å². The summed E-state index contributed by atoms with van der Waals surface area (Å²) in [4.78, 5) is 16.1. The van der Waals surface area contributed by atoms with Gasteiger partial charge in [0, 0.05) is 17.8 Å². The van der Waals surface area contributed by atoms with E-state index in [1.165, 1.54) is 24.1 Å². The molecule has 0 saturated carbocycles. The number of hydrogen-bond donors (Lipinski definition) is 2. The number of nitrogens with one attached hydrogen (secondary N) is 2. The van der Waals surface area contributed by atoms with Crippen LogP contribution in [0.1, 0.15) is 70.2 Å². The third kappa shape index (κ3) is 6.48. The van der Waals surface area contributed by atoms with E-state index in [-0.39, 0.29) is 11.6 Å². The maximum Gasteiger partial charge on any atom is 0.407 e. The fraction of sp³-hybridized carbons (Fsp3) is 0.684. The third-order valence-corrected chi connectivity index (χ3v) is 4.12. The molecule has 0 radical (unpaired) electrons. The Morgan fingerprint density at radius 2 is 2.17 bits per heavy atom. The molecule has 2 rings (SSSR count). The molecule has 134 valence electrons. The summed E-state index contributed by atoms with van der Waals surface area (Å²) in [6.45, 7) is 7.29. The highest BCUT2D eigenvalue weighted by Gasteiger charge is 2.20. The van der Waals surface area contributed by atoms with Crippen LogP contribution >= 0.6 is 0 Å². The molecule has 0 aromatic carbocycles. The number of carbonyl (C=O) groups excluding carboxylic acids is 1. The van der Waals surface area contributed by atoms with Crippen LogP contribution in [-0.2, 0) is 11.2 Å². The monoisotopic (exact) mass is 333 g/mol. The van der Waals surface area contributed by atoms with E-state index in [9.17, 15) is 4.79 Å². The maximum atomic E-state index is 11.5. The average molecular weight is 333 g/mol. The van der Waals surface area contributed by atoms with Gasteiger partial charge in [-0.3, -0.25) is 4.98 Å². The van der Waals surface area contributed by atoms with Crippen LogP contribution in [0.25, 0.3) is 0 Å². The second kappa shape index (κ2) is 9.02. The van der Waals surface area contributed by atoms with Crippen LogP contribution in [0.5, 0.6) is 0 Å². The van der Waals surface area contributed by atoms with Gasteiger partial charge >= 0.3 is 6.09 Å². The van der Waals surface area contributed by atoms with Crippen molar-refractivity contribution in [2.75, 3.05) is 13.2 Å². The Morgan fingerprint density at radius 1 is 1.33 bits per heavy atom. The van der Waals surface area contributed by atoms with Gasteiger partial charge in [0.25, 0.3) is 0 Å². The third-order valence-electron chi connectivity index (χ3n) is 4.12. The fourth-order valence-electron chi connectivity index (χ4n) is 3.00. The first-order valence-corrected chi connectivity index (χ1v) is 9.08. The molecule has 2 N–H and O–H groups in total. The van der Waals surface area contributed by atoms with E-state index in [1.807, 2.05) is 33.0 Å². The molecule has 1 aromatic rings. The molecule has 1 aromatic heterocycles. The van der Waals surface area contributed by atoms with Crippen LogP contribution in [0, 0.1) is 0 Å². The quantitative estimate of drug-likeness (QED) is 0.746. The van der Waals surface area contributed by atoms with Crippen LogP contribution in [0.3, 0.4) is 0 Å². The Labute approximate surface area is 145 Å². The maximum absolute atomic E-state index is 11.5. The highest BCUT2D eigenvalue weighted by atomic mass is 16.5. The molecule has 1 amide bonds. The van der Waals surface area contributed by atoms with Gasteiger partial charge in [0.05, 0.1) is 12.3 Å². The summed E-state index contributed by atoms with van der Waals surface area (Å²) < 4.78 is 5.18. The second-order valence-corrected chi connectivity index (χ2v) is 7.52. The van der Waals surface area contributed by atoms with Crippen molar-refractivity contribution < 1.29 is 9.53 Å². The van der Waals surface area contributed by atoms with E-state index in [0.717, 1.165) is 32.2 Å². The van der Waals surface area contributed by atoms with E-state index in [0.29, 0.717) is 12.6 Å². The number of pyridine rings is 1. The Hall–Kier alpha value is -1.62. The number of carbonyl (C=O) groups is 1. The lowest BCUT2D eigenvalue weighted by molar-refractivity contribution is 0.135. The van der Waals surface area contributed by atoms with Crippen LogP contribution in [0.4, 0.5) is 4.79 Å². The van der Waals surface area contributed by atoms with Gasteiger partial charge in [0.1, 0.15) is 0 Å². The second-order valence-electron chi connectivity index (χ2n) is 7.52. The Kier molecular flexibility index (Phi) is 7.03. The molecule has 1 aliphatic rings. The van der Waals surface area contributed by atoms with Crippen molar-refractivity contribution in [2.45, 2.75) is 70.9 Å². The smallest absolute Gasteiger partial charge is 0.407 e. The van der Waals surface area contributed by atoms with Crippen molar-refractivity contribution in [3.63, 3.8) is 0 Å². The molecule has 1 aliphatic carbocycles. The van der Waals surface area contributed by atoms with Crippen molar-refractivity contribution in [3.05, 3.63) is 29.6 Å². The minimum Gasteiger partial charge on any atom is -0.450 e. The summed E-state index contributed by atoms with van der Waals surface area (Å²) in [5, 5.41) is 6.42.